The average molecular weight is 257 g/mol. The number of amides is 1. The first kappa shape index (κ1) is 13.4. The summed E-state index contributed by atoms with van der Waals surface area (Å²) in [4.78, 5) is 16.1. The van der Waals surface area contributed by atoms with E-state index in [0.29, 0.717) is 0 Å². The molecule has 0 spiro atoms. The molecule has 1 atom stereocenters. The van der Waals surface area contributed by atoms with E-state index >= 15 is 0 Å². The van der Waals surface area contributed by atoms with E-state index < -0.39 is 0 Å². The van der Waals surface area contributed by atoms with Crippen LogP contribution < -0.4 is 4.90 Å². The molecule has 1 aromatic carbocycles. The fourth-order valence-corrected chi connectivity index (χ4v) is 2.53. The van der Waals surface area contributed by atoms with Crippen molar-refractivity contribution in [1.29, 1.82) is 5.26 Å². The van der Waals surface area contributed by atoms with Gasteiger partial charge in [0, 0.05) is 25.8 Å². The number of benzene rings is 1. The Kier molecular flexibility index (Phi) is 4.06. The van der Waals surface area contributed by atoms with Crippen molar-refractivity contribution < 1.29 is 4.79 Å². The molecule has 0 aliphatic carbocycles. The van der Waals surface area contributed by atoms with Crippen molar-refractivity contribution in [2.24, 2.45) is 0 Å². The smallest absolute Gasteiger partial charge is 0.246 e. The molecule has 2 rings (SSSR count). The summed E-state index contributed by atoms with van der Waals surface area (Å²) in [6, 6.07) is 9.89. The van der Waals surface area contributed by atoms with Crippen LogP contribution in [0.3, 0.4) is 0 Å². The third kappa shape index (κ3) is 2.87. The molecule has 4 heteroatoms. The van der Waals surface area contributed by atoms with Gasteiger partial charge in [0.1, 0.15) is 6.04 Å². The molecular weight excluding hydrogens is 238 g/mol. The first-order valence-corrected chi connectivity index (χ1v) is 6.58. The predicted molar refractivity (Wildman–Crippen MR) is 74.8 cm³/mol. The first-order valence-electron chi connectivity index (χ1n) is 6.58. The summed E-state index contributed by atoms with van der Waals surface area (Å²) in [5.74, 6) is 0.0422. The molecule has 0 aromatic heterocycles. The minimum absolute atomic E-state index is 0.0422. The van der Waals surface area contributed by atoms with E-state index in [4.69, 9.17) is 5.26 Å². The Bertz CT molecular complexity index is 506. The Labute approximate surface area is 114 Å². The molecular formula is C15H19N3O. The zero-order valence-corrected chi connectivity index (χ0v) is 11.5. The summed E-state index contributed by atoms with van der Waals surface area (Å²) in [5, 5.41) is 8.99. The van der Waals surface area contributed by atoms with Gasteiger partial charge in [0.05, 0.1) is 12.5 Å². The molecule has 1 aliphatic rings. The number of carbonyl (C=O) groups is 1. The lowest BCUT2D eigenvalue weighted by Gasteiger charge is -2.30. The molecule has 1 heterocycles. The van der Waals surface area contributed by atoms with Crippen molar-refractivity contribution in [2.45, 2.75) is 25.8 Å². The van der Waals surface area contributed by atoms with E-state index in [9.17, 15) is 4.79 Å². The monoisotopic (exact) mass is 257 g/mol. The van der Waals surface area contributed by atoms with Crippen LogP contribution in [0.2, 0.25) is 0 Å². The molecule has 19 heavy (non-hydrogen) atoms. The molecule has 0 saturated carbocycles. The first-order chi connectivity index (χ1) is 9.13. The zero-order chi connectivity index (χ0) is 13.8. The van der Waals surface area contributed by atoms with Gasteiger partial charge in [-0.3, -0.25) is 4.79 Å². The Hall–Kier alpha value is -2.02. The molecule has 1 saturated heterocycles. The Morgan fingerprint density at radius 2 is 2.21 bits per heavy atom. The van der Waals surface area contributed by atoms with Gasteiger partial charge in [-0.1, -0.05) is 12.1 Å². The van der Waals surface area contributed by atoms with Crippen LogP contribution in [-0.2, 0) is 4.79 Å². The van der Waals surface area contributed by atoms with Crippen molar-refractivity contribution in [1.82, 2.24) is 4.90 Å². The molecule has 1 amide bonds. The zero-order valence-electron chi connectivity index (χ0n) is 11.5. The number of hydrogen-bond acceptors (Lipinski definition) is 3. The van der Waals surface area contributed by atoms with Crippen molar-refractivity contribution in [3.05, 3.63) is 29.8 Å². The van der Waals surface area contributed by atoms with E-state index in [0.717, 1.165) is 25.2 Å². The normalized spacial score (nSPS) is 20.1. The van der Waals surface area contributed by atoms with Crippen LogP contribution in [0.5, 0.6) is 0 Å². The maximum Gasteiger partial charge on any atom is 0.246 e. The van der Waals surface area contributed by atoms with E-state index in [1.54, 1.807) is 4.90 Å². The van der Waals surface area contributed by atoms with Crippen LogP contribution >= 0.6 is 0 Å². The van der Waals surface area contributed by atoms with Gasteiger partial charge in [0.2, 0.25) is 5.91 Å². The van der Waals surface area contributed by atoms with Crippen molar-refractivity contribution in [2.75, 3.05) is 25.0 Å². The fraction of sp³-hybridized carbons (Fsp3) is 0.467. The number of rotatable bonds is 2. The highest BCUT2D eigenvalue weighted by molar-refractivity contribution is 5.86. The second-order valence-corrected chi connectivity index (χ2v) is 5.02. The van der Waals surface area contributed by atoms with Crippen LogP contribution in [0.4, 0.5) is 5.69 Å². The van der Waals surface area contributed by atoms with Gasteiger partial charge < -0.3 is 9.80 Å². The second-order valence-electron chi connectivity index (χ2n) is 5.02. The summed E-state index contributed by atoms with van der Waals surface area (Å²) in [6.45, 7) is 3.60. The minimum atomic E-state index is -0.362. The molecule has 0 N–H and O–H groups in total. The summed E-state index contributed by atoms with van der Waals surface area (Å²) in [5.41, 5.74) is 2.20. The molecule has 4 nitrogen and oxygen atoms in total. The molecule has 0 bridgehead atoms. The Balaban J connectivity index is 2.35. The Morgan fingerprint density at radius 3 is 2.89 bits per heavy atom. The number of nitrogens with zero attached hydrogens (tertiary/aromatic N) is 3. The molecule has 0 radical (unpaired) electrons. The van der Waals surface area contributed by atoms with Crippen LogP contribution in [-0.4, -0.2) is 37.0 Å². The van der Waals surface area contributed by atoms with Gasteiger partial charge in [-0.2, -0.15) is 5.26 Å². The SMILES string of the molecule is Cc1cccc(N2CCCN(C)C(=O)C2CC#N)c1. The van der Waals surface area contributed by atoms with Crippen LogP contribution in [0.15, 0.2) is 24.3 Å². The molecule has 1 fully saturated rings. The second kappa shape index (κ2) is 5.75. The third-order valence-corrected chi connectivity index (χ3v) is 3.55. The maximum absolute atomic E-state index is 12.3. The number of aryl methyl sites for hydroxylation is 1. The maximum atomic E-state index is 12.3. The predicted octanol–water partition coefficient (Wildman–Crippen LogP) is 1.95. The Morgan fingerprint density at radius 1 is 1.42 bits per heavy atom. The van der Waals surface area contributed by atoms with Gasteiger partial charge in [-0.25, -0.2) is 0 Å². The van der Waals surface area contributed by atoms with E-state index in [2.05, 4.69) is 17.0 Å². The van der Waals surface area contributed by atoms with E-state index in [1.807, 2.05) is 32.2 Å². The lowest BCUT2D eigenvalue weighted by molar-refractivity contribution is -0.130. The summed E-state index contributed by atoms with van der Waals surface area (Å²) in [7, 11) is 1.81. The highest BCUT2D eigenvalue weighted by atomic mass is 16.2. The number of nitriles is 1. The van der Waals surface area contributed by atoms with Crippen LogP contribution in [0.1, 0.15) is 18.4 Å². The van der Waals surface area contributed by atoms with Gasteiger partial charge in [-0.15, -0.1) is 0 Å². The number of hydrogen-bond donors (Lipinski definition) is 0. The number of likely N-dealkylation sites (N-methyl/N-ethyl adjacent to an activating group) is 1. The highest BCUT2D eigenvalue weighted by Gasteiger charge is 2.31. The molecule has 1 aromatic rings. The molecule has 1 aliphatic heterocycles. The van der Waals surface area contributed by atoms with Gasteiger partial charge in [0.25, 0.3) is 0 Å². The summed E-state index contributed by atoms with van der Waals surface area (Å²) in [6.07, 6.45) is 1.16. The minimum Gasteiger partial charge on any atom is -0.359 e. The molecule has 100 valence electrons. The van der Waals surface area contributed by atoms with Gasteiger partial charge >= 0.3 is 0 Å². The highest BCUT2D eigenvalue weighted by Crippen LogP contribution is 2.23. The number of carbonyl (C=O) groups excluding carboxylic acids is 1. The third-order valence-electron chi connectivity index (χ3n) is 3.55. The van der Waals surface area contributed by atoms with Gasteiger partial charge in [0.15, 0.2) is 0 Å². The van der Waals surface area contributed by atoms with Crippen molar-refractivity contribution >= 4 is 11.6 Å². The number of anilines is 1. The van der Waals surface area contributed by atoms with Crippen LogP contribution in [0, 0.1) is 18.3 Å². The van der Waals surface area contributed by atoms with Crippen molar-refractivity contribution in [3.8, 4) is 6.07 Å². The fourth-order valence-electron chi connectivity index (χ4n) is 2.53. The van der Waals surface area contributed by atoms with E-state index in [1.165, 1.54) is 5.56 Å². The lowest BCUT2D eigenvalue weighted by Crippen LogP contribution is -2.44. The van der Waals surface area contributed by atoms with Gasteiger partial charge in [-0.05, 0) is 31.0 Å². The standard InChI is InChI=1S/C15H19N3O/c1-12-5-3-6-13(11-12)18-10-4-9-17(2)15(19)14(18)7-8-16/h3,5-6,11,14H,4,7,9-10H2,1-2H3. The molecule has 1 unspecified atom stereocenters. The largest absolute Gasteiger partial charge is 0.359 e. The average Bonchev–Trinajstić information content (AvgIpc) is 2.53. The topological polar surface area (TPSA) is 47.3 Å². The lowest BCUT2D eigenvalue weighted by atomic mass is 10.1. The summed E-state index contributed by atoms with van der Waals surface area (Å²) >= 11 is 0. The van der Waals surface area contributed by atoms with Crippen molar-refractivity contribution in [3.63, 3.8) is 0 Å². The summed E-state index contributed by atoms with van der Waals surface area (Å²) < 4.78 is 0. The van der Waals surface area contributed by atoms with Crippen LogP contribution in [0.25, 0.3) is 0 Å². The quantitative estimate of drug-likeness (QED) is 0.813. The van der Waals surface area contributed by atoms with E-state index in [-0.39, 0.29) is 18.4 Å².